The molecule has 0 fully saturated rings. The molecule has 3 aromatic rings. The van der Waals surface area contributed by atoms with E-state index in [1.165, 1.54) is 22.3 Å². The molecule has 1 aliphatic rings. The molecule has 1 aromatic heterocycles. The summed E-state index contributed by atoms with van der Waals surface area (Å²) in [7, 11) is 3.83. The number of benzene rings is 2. The van der Waals surface area contributed by atoms with Crippen LogP contribution in [0, 0.1) is 0 Å². The average molecular weight is 330 g/mol. The van der Waals surface area contributed by atoms with Crippen LogP contribution in [0.15, 0.2) is 66.9 Å². The van der Waals surface area contributed by atoms with Gasteiger partial charge in [-0.05, 0) is 41.4 Å². The molecule has 25 heavy (non-hydrogen) atoms. The van der Waals surface area contributed by atoms with Gasteiger partial charge in [0.1, 0.15) is 0 Å². The van der Waals surface area contributed by atoms with Crippen molar-refractivity contribution in [1.82, 2.24) is 9.88 Å². The SMILES string of the molecule is COc1ccc(-c2ccc3c(c2)CN(C)CC3c2ccccc2)cn1. The first-order chi connectivity index (χ1) is 12.2. The highest BCUT2D eigenvalue weighted by Gasteiger charge is 2.24. The second kappa shape index (κ2) is 6.69. The summed E-state index contributed by atoms with van der Waals surface area (Å²) >= 11 is 0. The predicted molar refractivity (Wildman–Crippen MR) is 101 cm³/mol. The molecule has 3 nitrogen and oxygen atoms in total. The zero-order chi connectivity index (χ0) is 17.2. The number of likely N-dealkylation sites (N-methyl/N-ethyl adjacent to an activating group) is 1. The Bertz CT molecular complexity index is 859. The van der Waals surface area contributed by atoms with Crippen molar-refractivity contribution in [3.05, 3.63) is 83.6 Å². The van der Waals surface area contributed by atoms with Crippen LogP contribution in [0.25, 0.3) is 11.1 Å². The fourth-order valence-corrected chi connectivity index (χ4v) is 3.67. The summed E-state index contributed by atoms with van der Waals surface area (Å²) in [5.41, 5.74) is 6.55. The zero-order valence-electron chi connectivity index (χ0n) is 14.6. The molecule has 2 aromatic carbocycles. The number of methoxy groups -OCH3 is 1. The van der Waals surface area contributed by atoms with Crippen LogP contribution in [0.4, 0.5) is 0 Å². The van der Waals surface area contributed by atoms with E-state index in [-0.39, 0.29) is 0 Å². The third kappa shape index (κ3) is 3.15. The molecule has 1 unspecified atom stereocenters. The van der Waals surface area contributed by atoms with E-state index >= 15 is 0 Å². The van der Waals surface area contributed by atoms with E-state index in [1.807, 2.05) is 12.3 Å². The summed E-state index contributed by atoms with van der Waals surface area (Å²) < 4.78 is 5.15. The van der Waals surface area contributed by atoms with Crippen LogP contribution in [0.1, 0.15) is 22.6 Å². The summed E-state index contributed by atoms with van der Waals surface area (Å²) in [5.74, 6) is 1.07. The summed E-state index contributed by atoms with van der Waals surface area (Å²) in [5, 5.41) is 0. The van der Waals surface area contributed by atoms with Gasteiger partial charge in [0.05, 0.1) is 7.11 Å². The Morgan fingerprint density at radius 1 is 1.00 bits per heavy atom. The van der Waals surface area contributed by atoms with Gasteiger partial charge in [-0.1, -0.05) is 42.5 Å². The lowest BCUT2D eigenvalue weighted by atomic mass is 9.83. The van der Waals surface area contributed by atoms with Crippen LogP contribution in [0.5, 0.6) is 5.88 Å². The van der Waals surface area contributed by atoms with Gasteiger partial charge in [0, 0.05) is 36.8 Å². The van der Waals surface area contributed by atoms with Crippen molar-refractivity contribution in [2.45, 2.75) is 12.5 Å². The number of hydrogen-bond acceptors (Lipinski definition) is 3. The first-order valence-corrected chi connectivity index (χ1v) is 8.61. The van der Waals surface area contributed by atoms with Gasteiger partial charge in [0.15, 0.2) is 0 Å². The monoisotopic (exact) mass is 330 g/mol. The van der Waals surface area contributed by atoms with E-state index < -0.39 is 0 Å². The van der Waals surface area contributed by atoms with Gasteiger partial charge in [0.2, 0.25) is 5.88 Å². The minimum absolute atomic E-state index is 0.429. The van der Waals surface area contributed by atoms with E-state index in [0.717, 1.165) is 18.7 Å². The van der Waals surface area contributed by atoms with Gasteiger partial charge < -0.3 is 9.64 Å². The van der Waals surface area contributed by atoms with Crippen molar-refractivity contribution in [1.29, 1.82) is 0 Å². The zero-order valence-corrected chi connectivity index (χ0v) is 14.6. The Morgan fingerprint density at radius 2 is 1.80 bits per heavy atom. The molecule has 0 radical (unpaired) electrons. The first-order valence-electron chi connectivity index (χ1n) is 8.61. The highest BCUT2D eigenvalue weighted by Crippen LogP contribution is 2.35. The normalized spacial score (nSPS) is 17.1. The number of ether oxygens (including phenoxy) is 1. The predicted octanol–water partition coefficient (Wildman–Crippen LogP) is 4.33. The van der Waals surface area contributed by atoms with Gasteiger partial charge in [-0.3, -0.25) is 0 Å². The maximum atomic E-state index is 5.15. The fraction of sp³-hybridized carbons (Fsp3) is 0.227. The van der Waals surface area contributed by atoms with Crippen molar-refractivity contribution in [2.75, 3.05) is 20.7 Å². The van der Waals surface area contributed by atoms with Crippen molar-refractivity contribution < 1.29 is 4.74 Å². The van der Waals surface area contributed by atoms with Crippen molar-refractivity contribution in [2.24, 2.45) is 0 Å². The maximum absolute atomic E-state index is 5.15. The summed E-state index contributed by atoms with van der Waals surface area (Å²) in [4.78, 5) is 6.73. The van der Waals surface area contributed by atoms with Crippen LogP contribution in [-0.2, 0) is 6.54 Å². The molecule has 2 heterocycles. The average Bonchev–Trinajstić information content (AvgIpc) is 2.67. The van der Waals surface area contributed by atoms with E-state index in [9.17, 15) is 0 Å². The Kier molecular flexibility index (Phi) is 4.24. The van der Waals surface area contributed by atoms with Gasteiger partial charge >= 0.3 is 0 Å². The van der Waals surface area contributed by atoms with Gasteiger partial charge in [0.25, 0.3) is 0 Å². The molecular formula is C22H22N2O. The highest BCUT2D eigenvalue weighted by molar-refractivity contribution is 5.65. The molecule has 1 atom stereocenters. The summed E-state index contributed by atoms with van der Waals surface area (Å²) in [6.45, 7) is 2.04. The molecule has 0 N–H and O–H groups in total. The highest BCUT2D eigenvalue weighted by atomic mass is 16.5. The molecule has 0 aliphatic carbocycles. The lowest BCUT2D eigenvalue weighted by molar-refractivity contribution is 0.295. The molecule has 0 saturated carbocycles. The number of aromatic nitrogens is 1. The fourth-order valence-electron chi connectivity index (χ4n) is 3.67. The second-order valence-corrected chi connectivity index (χ2v) is 6.66. The number of rotatable bonds is 3. The van der Waals surface area contributed by atoms with Crippen LogP contribution in [0.3, 0.4) is 0 Å². The topological polar surface area (TPSA) is 25.4 Å². The molecule has 0 saturated heterocycles. The number of hydrogen-bond donors (Lipinski definition) is 0. The van der Waals surface area contributed by atoms with Crippen molar-refractivity contribution in [3.8, 4) is 17.0 Å². The van der Waals surface area contributed by atoms with Crippen LogP contribution >= 0.6 is 0 Å². The molecule has 3 heteroatoms. The largest absolute Gasteiger partial charge is 0.481 e. The molecule has 0 spiro atoms. The van der Waals surface area contributed by atoms with E-state index in [1.54, 1.807) is 7.11 Å². The molecular weight excluding hydrogens is 308 g/mol. The first kappa shape index (κ1) is 15.9. The van der Waals surface area contributed by atoms with Gasteiger partial charge in [-0.15, -0.1) is 0 Å². The van der Waals surface area contributed by atoms with E-state index in [2.05, 4.69) is 71.5 Å². The minimum Gasteiger partial charge on any atom is -0.481 e. The van der Waals surface area contributed by atoms with Gasteiger partial charge in [-0.25, -0.2) is 4.98 Å². The third-order valence-corrected chi connectivity index (χ3v) is 4.93. The van der Waals surface area contributed by atoms with Gasteiger partial charge in [-0.2, -0.15) is 0 Å². The number of fused-ring (bicyclic) bond motifs is 1. The van der Waals surface area contributed by atoms with Crippen LogP contribution in [-0.4, -0.2) is 30.6 Å². The Balaban J connectivity index is 1.72. The van der Waals surface area contributed by atoms with E-state index in [4.69, 9.17) is 4.74 Å². The maximum Gasteiger partial charge on any atom is 0.212 e. The molecule has 0 amide bonds. The molecule has 1 aliphatic heterocycles. The van der Waals surface area contributed by atoms with E-state index in [0.29, 0.717) is 11.8 Å². The number of nitrogens with zero attached hydrogens (tertiary/aromatic N) is 2. The summed E-state index contributed by atoms with van der Waals surface area (Å²) in [6, 6.07) is 21.6. The Hall–Kier alpha value is -2.65. The quantitative estimate of drug-likeness (QED) is 0.714. The summed E-state index contributed by atoms with van der Waals surface area (Å²) in [6.07, 6.45) is 1.88. The smallest absolute Gasteiger partial charge is 0.212 e. The van der Waals surface area contributed by atoms with Crippen LogP contribution < -0.4 is 4.74 Å². The second-order valence-electron chi connectivity index (χ2n) is 6.66. The van der Waals surface area contributed by atoms with Crippen molar-refractivity contribution in [3.63, 3.8) is 0 Å². The molecule has 0 bridgehead atoms. The standard InChI is InChI=1S/C22H22N2O/c1-24-14-19-12-17(18-9-11-22(25-2)23-13-18)8-10-20(19)21(15-24)16-6-4-3-5-7-16/h3-13,21H,14-15H2,1-2H3. The Morgan fingerprint density at radius 3 is 2.52 bits per heavy atom. The minimum atomic E-state index is 0.429. The third-order valence-electron chi connectivity index (χ3n) is 4.93. The lowest BCUT2D eigenvalue weighted by Gasteiger charge is -2.33. The molecule has 4 rings (SSSR count). The molecule has 126 valence electrons. The van der Waals surface area contributed by atoms with Crippen LogP contribution in [0.2, 0.25) is 0 Å². The number of pyridine rings is 1. The lowest BCUT2D eigenvalue weighted by Crippen LogP contribution is -2.30. The Labute approximate surface area is 148 Å². The van der Waals surface area contributed by atoms with Crippen molar-refractivity contribution >= 4 is 0 Å².